The first-order valence-corrected chi connectivity index (χ1v) is 4.69. The molecule has 1 aromatic rings. The highest BCUT2D eigenvalue weighted by atomic mass is 14.9. The van der Waals surface area contributed by atoms with Gasteiger partial charge in [-0.25, -0.2) is 0 Å². The smallest absolute Gasteiger partial charge is 0.103 e. The Morgan fingerprint density at radius 1 is 1.43 bits per heavy atom. The van der Waals surface area contributed by atoms with E-state index in [1.165, 1.54) is 0 Å². The zero-order valence-corrected chi connectivity index (χ0v) is 9.05. The van der Waals surface area contributed by atoms with Crippen LogP contribution in [0, 0.1) is 25.2 Å². The number of hydrogen-bond acceptors (Lipinski definition) is 3. The number of nitrogens with zero attached hydrogens (tertiary/aromatic N) is 2. The molecule has 74 valence electrons. The lowest BCUT2D eigenvalue weighted by molar-refractivity contribution is 0.895. The van der Waals surface area contributed by atoms with Crippen molar-refractivity contribution in [1.82, 2.24) is 4.98 Å². The van der Waals surface area contributed by atoms with Crippen LogP contribution >= 0.6 is 0 Å². The van der Waals surface area contributed by atoms with Crippen molar-refractivity contribution >= 4 is 5.69 Å². The molecule has 3 heteroatoms. The summed E-state index contributed by atoms with van der Waals surface area (Å²) in [6, 6.07) is 4.40. The van der Waals surface area contributed by atoms with Crippen LogP contribution in [0.4, 0.5) is 5.69 Å². The Bertz CT molecular complexity index is 375. The molecule has 0 fully saturated rings. The molecular formula is C11H15N3. The fourth-order valence-electron chi connectivity index (χ4n) is 1.39. The Hall–Kier alpha value is -1.56. The van der Waals surface area contributed by atoms with E-state index in [2.05, 4.69) is 16.4 Å². The maximum atomic E-state index is 8.97. The SMILES string of the molecule is Cc1cc(NC(C)C)c(C#N)c(C)n1. The average Bonchev–Trinajstić information content (AvgIpc) is 2.01. The molecule has 0 spiro atoms. The van der Waals surface area contributed by atoms with Crippen LogP contribution in [-0.2, 0) is 0 Å². The molecule has 0 aromatic carbocycles. The third-order valence-electron chi connectivity index (χ3n) is 1.88. The van der Waals surface area contributed by atoms with E-state index in [0.717, 1.165) is 17.1 Å². The molecule has 1 heterocycles. The monoisotopic (exact) mass is 189 g/mol. The van der Waals surface area contributed by atoms with Crippen LogP contribution in [0.15, 0.2) is 6.07 Å². The Labute approximate surface area is 84.8 Å². The highest BCUT2D eigenvalue weighted by Gasteiger charge is 2.08. The summed E-state index contributed by atoms with van der Waals surface area (Å²) in [5, 5.41) is 12.2. The van der Waals surface area contributed by atoms with Gasteiger partial charge < -0.3 is 5.32 Å². The van der Waals surface area contributed by atoms with Crippen LogP contribution in [0.2, 0.25) is 0 Å². The molecule has 0 amide bonds. The third-order valence-corrected chi connectivity index (χ3v) is 1.88. The van der Waals surface area contributed by atoms with Crippen molar-refractivity contribution in [2.24, 2.45) is 0 Å². The lowest BCUT2D eigenvalue weighted by Crippen LogP contribution is -2.12. The predicted molar refractivity (Wildman–Crippen MR) is 57.2 cm³/mol. The minimum absolute atomic E-state index is 0.322. The van der Waals surface area contributed by atoms with E-state index in [4.69, 9.17) is 5.26 Å². The first kappa shape index (κ1) is 10.5. The molecule has 0 atom stereocenters. The number of pyridine rings is 1. The van der Waals surface area contributed by atoms with E-state index in [1.807, 2.05) is 33.8 Å². The van der Waals surface area contributed by atoms with Crippen LogP contribution in [-0.4, -0.2) is 11.0 Å². The van der Waals surface area contributed by atoms with Gasteiger partial charge in [-0.3, -0.25) is 4.98 Å². The van der Waals surface area contributed by atoms with Gasteiger partial charge in [-0.15, -0.1) is 0 Å². The zero-order chi connectivity index (χ0) is 10.7. The number of nitrogens with one attached hydrogen (secondary N) is 1. The van der Waals surface area contributed by atoms with Gasteiger partial charge >= 0.3 is 0 Å². The fourth-order valence-corrected chi connectivity index (χ4v) is 1.39. The minimum atomic E-state index is 0.322. The van der Waals surface area contributed by atoms with Crippen LogP contribution in [0.5, 0.6) is 0 Å². The summed E-state index contributed by atoms with van der Waals surface area (Å²) in [5.41, 5.74) is 3.25. The average molecular weight is 189 g/mol. The van der Waals surface area contributed by atoms with Crippen molar-refractivity contribution in [3.63, 3.8) is 0 Å². The molecule has 0 unspecified atom stereocenters. The van der Waals surface area contributed by atoms with Crippen LogP contribution in [0.25, 0.3) is 0 Å². The zero-order valence-electron chi connectivity index (χ0n) is 9.05. The fraction of sp³-hybridized carbons (Fsp3) is 0.455. The van der Waals surface area contributed by atoms with Gasteiger partial charge in [-0.05, 0) is 33.8 Å². The number of aryl methyl sites for hydroxylation is 2. The standard InChI is InChI=1S/C11H15N3/c1-7(2)13-11-5-8(3)14-9(4)10(11)6-12/h5,7H,1-4H3,(H,13,14). The maximum Gasteiger partial charge on any atom is 0.103 e. The molecule has 0 aliphatic heterocycles. The van der Waals surface area contributed by atoms with Crippen LogP contribution in [0.3, 0.4) is 0 Å². The lowest BCUT2D eigenvalue weighted by atomic mass is 10.1. The van der Waals surface area contributed by atoms with E-state index < -0.39 is 0 Å². The second-order valence-electron chi connectivity index (χ2n) is 3.68. The summed E-state index contributed by atoms with van der Waals surface area (Å²) in [6.45, 7) is 7.88. The molecule has 0 saturated carbocycles. The molecule has 1 N–H and O–H groups in total. The quantitative estimate of drug-likeness (QED) is 0.777. The van der Waals surface area contributed by atoms with Crippen molar-refractivity contribution in [3.05, 3.63) is 23.0 Å². The van der Waals surface area contributed by atoms with Crippen molar-refractivity contribution < 1.29 is 0 Å². The molecule has 3 nitrogen and oxygen atoms in total. The first-order chi connectivity index (χ1) is 6.54. The Kier molecular flexibility index (Phi) is 3.08. The summed E-state index contributed by atoms with van der Waals surface area (Å²) in [6.07, 6.45) is 0. The number of anilines is 1. The predicted octanol–water partition coefficient (Wildman–Crippen LogP) is 2.39. The molecule has 0 aliphatic rings. The molecule has 0 radical (unpaired) electrons. The largest absolute Gasteiger partial charge is 0.382 e. The maximum absolute atomic E-state index is 8.97. The van der Waals surface area contributed by atoms with Gasteiger partial charge in [-0.2, -0.15) is 5.26 Å². The van der Waals surface area contributed by atoms with Crippen LogP contribution < -0.4 is 5.32 Å². The highest BCUT2D eigenvalue weighted by molar-refractivity contribution is 5.60. The minimum Gasteiger partial charge on any atom is -0.382 e. The van der Waals surface area contributed by atoms with E-state index in [-0.39, 0.29) is 0 Å². The highest BCUT2D eigenvalue weighted by Crippen LogP contribution is 2.19. The Balaban J connectivity index is 3.20. The second-order valence-corrected chi connectivity index (χ2v) is 3.68. The van der Waals surface area contributed by atoms with Gasteiger partial charge in [-0.1, -0.05) is 0 Å². The number of aromatic nitrogens is 1. The van der Waals surface area contributed by atoms with Crippen molar-refractivity contribution in [1.29, 1.82) is 5.26 Å². The molecule has 0 bridgehead atoms. The van der Waals surface area contributed by atoms with Gasteiger partial charge in [0.1, 0.15) is 6.07 Å². The molecular weight excluding hydrogens is 174 g/mol. The lowest BCUT2D eigenvalue weighted by Gasteiger charge is -2.13. The summed E-state index contributed by atoms with van der Waals surface area (Å²) in [7, 11) is 0. The summed E-state index contributed by atoms with van der Waals surface area (Å²) in [4.78, 5) is 4.25. The van der Waals surface area contributed by atoms with Gasteiger partial charge in [0.2, 0.25) is 0 Å². The molecule has 1 rings (SSSR count). The van der Waals surface area contributed by atoms with E-state index in [1.54, 1.807) is 0 Å². The van der Waals surface area contributed by atoms with Crippen molar-refractivity contribution in [2.45, 2.75) is 33.7 Å². The summed E-state index contributed by atoms with van der Waals surface area (Å²) >= 11 is 0. The van der Waals surface area contributed by atoms with Crippen molar-refractivity contribution in [2.75, 3.05) is 5.32 Å². The van der Waals surface area contributed by atoms with Gasteiger partial charge in [0.25, 0.3) is 0 Å². The van der Waals surface area contributed by atoms with Crippen LogP contribution in [0.1, 0.15) is 30.8 Å². The van der Waals surface area contributed by atoms with Gasteiger partial charge in [0.05, 0.1) is 16.9 Å². The van der Waals surface area contributed by atoms with Gasteiger partial charge in [0.15, 0.2) is 0 Å². The van der Waals surface area contributed by atoms with Gasteiger partial charge in [0, 0.05) is 11.7 Å². The molecule has 1 aromatic heterocycles. The molecule has 14 heavy (non-hydrogen) atoms. The Morgan fingerprint density at radius 3 is 2.57 bits per heavy atom. The Morgan fingerprint density at radius 2 is 2.07 bits per heavy atom. The molecule has 0 aliphatic carbocycles. The van der Waals surface area contributed by atoms with E-state index in [0.29, 0.717) is 11.6 Å². The number of hydrogen-bond donors (Lipinski definition) is 1. The van der Waals surface area contributed by atoms with E-state index in [9.17, 15) is 0 Å². The second kappa shape index (κ2) is 4.10. The number of rotatable bonds is 2. The number of nitriles is 1. The summed E-state index contributed by atoms with van der Waals surface area (Å²) in [5.74, 6) is 0. The third kappa shape index (κ3) is 2.23. The first-order valence-electron chi connectivity index (χ1n) is 4.69. The molecule has 0 saturated heterocycles. The van der Waals surface area contributed by atoms with E-state index >= 15 is 0 Å². The topological polar surface area (TPSA) is 48.7 Å². The summed E-state index contributed by atoms with van der Waals surface area (Å²) < 4.78 is 0. The van der Waals surface area contributed by atoms with Crippen molar-refractivity contribution in [3.8, 4) is 6.07 Å². The normalized spacial score (nSPS) is 10.0.